The fourth-order valence-electron chi connectivity index (χ4n) is 3.33. The van der Waals surface area contributed by atoms with Crippen molar-refractivity contribution in [2.24, 2.45) is 0 Å². The lowest BCUT2D eigenvalue weighted by molar-refractivity contribution is -0.168. The van der Waals surface area contributed by atoms with Gasteiger partial charge < -0.3 is 9.47 Å². The fourth-order valence-corrected chi connectivity index (χ4v) is 3.33. The molecule has 6 nitrogen and oxygen atoms in total. The average Bonchev–Trinajstić information content (AvgIpc) is 2.67. The maximum atomic E-state index is 12.0. The van der Waals surface area contributed by atoms with E-state index < -0.39 is 0 Å². The van der Waals surface area contributed by atoms with Gasteiger partial charge in [0.25, 0.3) is 5.56 Å². The van der Waals surface area contributed by atoms with Gasteiger partial charge in [-0.1, -0.05) is 11.6 Å². The predicted octanol–water partition coefficient (Wildman–Crippen LogP) is 3.34. The lowest BCUT2D eigenvalue weighted by Crippen LogP contribution is -2.22. The molecule has 1 atom stereocenters. The summed E-state index contributed by atoms with van der Waals surface area (Å²) in [6.45, 7) is 3.29. The molecule has 3 aromatic rings. The molecular formula is C20H21N3O3. The van der Waals surface area contributed by atoms with Crippen LogP contribution >= 0.6 is 0 Å². The van der Waals surface area contributed by atoms with Crippen LogP contribution in [0.5, 0.6) is 0 Å². The number of ether oxygens (including phenoxy) is 2. The minimum atomic E-state index is -0.282. The van der Waals surface area contributed by atoms with E-state index in [1.807, 2.05) is 31.2 Å². The van der Waals surface area contributed by atoms with Crippen LogP contribution in [0.25, 0.3) is 22.2 Å². The lowest BCUT2D eigenvalue weighted by Gasteiger charge is -2.22. The minimum absolute atomic E-state index is 0.121. The molecule has 1 aliphatic heterocycles. The van der Waals surface area contributed by atoms with Crippen molar-refractivity contribution in [3.8, 4) is 11.3 Å². The standard InChI is InChI=1S/C20H21N3O3/c1-13-9-14(12-26-17-6-2-3-8-25-17)11-15(10-13)18-16-5-4-7-21-19(16)20(24)23-22-18/h4-5,7,9-11,17H,2-3,6,8,12H2,1H3,(H,23,24). The van der Waals surface area contributed by atoms with E-state index in [1.54, 1.807) is 6.20 Å². The number of nitrogens with zero attached hydrogens (tertiary/aromatic N) is 2. The van der Waals surface area contributed by atoms with Gasteiger partial charge in [0, 0.05) is 23.8 Å². The van der Waals surface area contributed by atoms with Crippen molar-refractivity contribution in [2.45, 2.75) is 39.1 Å². The molecule has 1 aliphatic rings. The third kappa shape index (κ3) is 3.52. The SMILES string of the molecule is Cc1cc(COC2CCCCO2)cc(-c2n[nH]c(=O)c3ncccc23)c1. The second-order valence-electron chi connectivity index (χ2n) is 6.62. The highest BCUT2D eigenvalue weighted by molar-refractivity contribution is 5.91. The molecule has 1 N–H and O–H groups in total. The summed E-state index contributed by atoms with van der Waals surface area (Å²) < 4.78 is 11.5. The Morgan fingerprint density at radius 2 is 2.23 bits per heavy atom. The number of fused-ring (bicyclic) bond motifs is 1. The first-order chi connectivity index (χ1) is 12.7. The van der Waals surface area contributed by atoms with Crippen LogP contribution in [0.2, 0.25) is 0 Å². The predicted molar refractivity (Wildman–Crippen MR) is 98.7 cm³/mol. The summed E-state index contributed by atoms with van der Waals surface area (Å²) in [6.07, 6.45) is 4.68. The molecule has 0 amide bonds. The molecule has 1 fully saturated rings. The first kappa shape index (κ1) is 16.9. The van der Waals surface area contributed by atoms with Gasteiger partial charge in [-0.25, -0.2) is 5.10 Å². The molecule has 1 unspecified atom stereocenters. The van der Waals surface area contributed by atoms with Gasteiger partial charge in [-0.05, 0) is 56.0 Å². The monoisotopic (exact) mass is 351 g/mol. The summed E-state index contributed by atoms with van der Waals surface area (Å²) >= 11 is 0. The molecule has 0 radical (unpaired) electrons. The van der Waals surface area contributed by atoms with Crippen molar-refractivity contribution >= 4 is 10.9 Å². The molecule has 26 heavy (non-hydrogen) atoms. The number of benzene rings is 1. The van der Waals surface area contributed by atoms with Crippen LogP contribution in [-0.4, -0.2) is 28.1 Å². The van der Waals surface area contributed by atoms with Gasteiger partial charge in [0.2, 0.25) is 0 Å². The van der Waals surface area contributed by atoms with E-state index in [0.29, 0.717) is 17.8 Å². The van der Waals surface area contributed by atoms with Gasteiger partial charge in [-0.2, -0.15) is 5.10 Å². The number of rotatable bonds is 4. The third-order valence-electron chi connectivity index (χ3n) is 4.53. The Morgan fingerprint density at radius 3 is 3.08 bits per heavy atom. The van der Waals surface area contributed by atoms with Gasteiger partial charge in [0.1, 0.15) is 11.2 Å². The Morgan fingerprint density at radius 1 is 1.31 bits per heavy atom. The molecule has 134 valence electrons. The van der Waals surface area contributed by atoms with E-state index in [-0.39, 0.29) is 11.8 Å². The first-order valence-corrected chi connectivity index (χ1v) is 8.88. The number of aryl methyl sites for hydroxylation is 1. The molecule has 1 aromatic carbocycles. The van der Waals surface area contributed by atoms with Gasteiger partial charge in [-0.3, -0.25) is 9.78 Å². The molecule has 6 heteroatoms. The van der Waals surface area contributed by atoms with Gasteiger partial charge >= 0.3 is 0 Å². The summed E-state index contributed by atoms with van der Waals surface area (Å²) in [5.41, 5.74) is 3.92. The van der Waals surface area contributed by atoms with Crippen molar-refractivity contribution in [3.05, 3.63) is 58.0 Å². The first-order valence-electron chi connectivity index (χ1n) is 8.88. The van der Waals surface area contributed by atoms with E-state index in [9.17, 15) is 4.79 Å². The maximum Gasteiger partial charge on any atom is 0.290 e. The molecule has 0 spiro atoms. The second-order valence-corrected chi connectivity index (χ2v) is 6.62. The number of H-pyrrole nitrogens is 1. The largest absolute Gasteiger partial charge is 0.353 e. The number of hydrogen-bond donors (Lipinski definition) is 1. The van der Waals surface area contributed by atoms with Crippen LogP contribution in [0.3, 0.4) is 0 Å². The molecule has 0 saturated carbocycles. The van der Waals surface area contributed by atoms with Crippen molar-refractivity contribution in [1.29, 1.82) is 0 Å². The highest BCUT2D eigenvalue weighted by atomic mass is 16.7. The van der Waals surface area contributed by atoms with Crippen molar-refractivity contribution in [1.82, 2.24) is 15.2 Å². The zero-order valence-corrected chi connectivity index (χ0v) is 14.7. The zero-order valence-electron chi connectivity index (χ0n) is 14.7. The number of pyridine rings is 1. The van der Waals surface area contributed by atoms with Crippen LogP contribution in [0.15, 0.2) is 41.3 Å². The third-order valence-corrected chi connectivity index (χ3v) is 4.53. The normalized spacial score (nSPS) is 17.5. The van der Waals surface area contributed by atoms with Crippen LogP contribution < -0.4 is 5.56 Å². The molecule has 1 saturated heterocycles. The Hall–Kier alpha value is -2.57. The molecule has 2 aromatic heterocycles. The summed E-state index contributed by atoms with van der Waals surface area (Å²) in [4.78, 5) is 16.1. The number of aromatic nitrogens is 3. The van der Waals surface area contributed by atoms with Gasteiger partial charge in [-0.15, -0.1) is 0 Å². The Balaban J connectivity index is 1.66. The second kappa shape index (κ2) is 7.35. The lowest BCUT2D eigenvalue weighted by atomic mass is 10.0. The molecule has 4 rings (SSSR count). The summed E-state index contributed by atoms with van der Waals surface area (Å²) in [6, 6.07) is 9.87. The number of aromatic amines is 1. The highest BCUT2D eigenvalue weighted by Crippen LogP contribution is 2.26. The van der Waals surface area contributed by atoms with Crippen molar-refractivity contribution < 1.29 is 9.47 Å². The van der Waals surface area contributed by atoms with E-state index >= 15 is 0 Å². The van der Waals surface area contributed by atoms with Crippen LogP contribution in [0, 0.1) is 6.92 Å². The number of nitrogens with one attached hydrogen (secondary N) is 1. The molecule has 0 aliphatic carbocycles. The Labute approximate surface area is 151 Å². The average molecular weight is 351 g/mol. The smallest absolute Gasteiger partial charge is 0.290 e. The van der Waals surface area contributed by atoms with Gasteiger partial charge in [0.05, 0.1) is 6.61 Å². The van der Waals surface area contributed by atoms with Gasteiger partial charge in [0.15, 0.2) is 6.29 Å². The van der Waals surface area contributed by atoms with E-state index in [1.165, 1.54) is 0 Å². The Kier molecular flexibility index (Phi) is 4.77. The highest BCUT2D eigenvalue weighted by Gasteiger charge is 2.15. The molecule has 0 bridgehead atoms. The van der Waals surface area contributed by atoms with E-state index in [0.717, 1.165) is 47.9 Å². The molecular weight excluding hydrogens is 330 g/mol. The van der Waals surface area contributed by atoms with Crippen LogP contribution in [0.1, 0.15) is 30.4 Å². The minimum Gasteiger partial charge on any atom is -0.353 e. The van der Waals surface area contributed by atoms with E-state index in [4.69, 9.17) is 9.47 Å². The maximum absolute atomic E-state index is 12.0. The summed E-state index contributed by atoms with van der Waals surface area (Å²) in [7, 11) is 0. The molecule has 3 heterocycles. The summed E-state index contributed by atoms with van der Waals surface area (Å²) in [5, 5.41) is 7.55. The Bertz CT molecular complexity index is 977. The van der Waals surface area contributed by atoms with Crippen molar-refractivity contribution in [3.63, 3.8) is 0 Å². The van der Waals surface area contributed by atoms with Crippen LogP contribution in [0.4, 0.5) is 0 Å². The fraction of sp³-hybridized carbons (Fsp3) is 0.350. The van der Waals surface area contributed by atoms with Crippen molar-refractivity contribution in [2.75, 3.05) is 6.61 Å². The topological polar surface area (TPSA) is 77.1 Å². The van der Waals surface area contributed by atoms with Crippen LogP contribution in [-0.2, 0) is 16.1 Å². The zero-order chi connectivity index (χ0) is 17.9. The quantitative estimate of drug-likeness (QED) is 0.780. The summed E-state index contributed by atoms with van der Waals surface area (Å²) in [5.74, 6) is 0. The van der Waals surface area contributed by atoms with E-state index in [2.05, 4.69) is 21.2 Å². The number of hydrogen-bond acceptors (Lipinski definition) is 5.